The van der Waals surface area contributed by atoms with E-state index in [0.717, 1.165) is 6.07 Å². The molecule has 0 aliphatic heterocycles. The average Bonchev–Trinajstić information content (AvgIpc) is 2.28. The minimum absolute atomic E-state index is 0.0462. The normalized spacial score (nSPS) is 10.1. The van der Waals surface area contributed by atoms with Crippen LogP contribution < -0.4 is 5.32 Å². The van der Waals surface area contributed by atoms with Crippen LogP contribution in [-0.4, -0.2) is 17.0 Å². The second kappa shape index (κ2) is 6.96. The molecule has 0 fully saturated rings. The molecule has 1 amide bonds. The number of nitrogens with one attached hydrogen (secondary N) is 1. The van der Waals surface area contributed by atoms with Crippen molar-refractivity contribution in [3.05, 3.63) is 29.0 Å². The van der Waals surface area contributed by atoms with Gasteiger partial charge in [-0.25, -0.2) is 4.39 Å². The highest BCUT2D eigenvalue weighted by atomic mass is 35.5. The summed E-state index contributed by atoms with van der Waals surface area (Å²) in [7, 11) is 0. The number of carboxylic acid groups (broad SMARTS) is 1. The number of hydrogen-bond donors (Lipinski definition) is 2. The summed E-state index contributed by atoms with van der Waals surface area (Å²) in [5.41, 5.74) is 0.348. The van der Waals surface area contributed by atoms with Crippen LogP contribution >= 0.6 is 11.6 Å². The van der Waals surface area contributed by atoms with Gasteiger partial charge in [0.15, 0.2) is 0 Å². The van der Waals surface area contributed by atoms with Gasteiger partial charge in [0.1, 0.15) is 5.82 Å². The van der Waals surface area contributed by atoms with E-state index in [4.69, 9.17) is 16.7 Å². The number of carbonyl (C=O) groups excluding carboxylic acids is 1. The lowest BCUT2D eigenvalue weighted by Gasteiger charge is -2.06. The molecule has 18 heavy (non-hydrogen) atoms. The lowest BCUT2D eigenvalue weighted by atomic mass is 10.2. The van der Waals surface area contributed by atoms with Crippen LogP contribution in [0.4, 0.5) is 10.1 Å². The van der Waals surface area contributed by atoms with Crippen molar-refractivity contribution in [2.45, 2.75) is 25.7 Å². The van der Waals surface area contributed by atoms with Crippen LogP contribution in [0.1, 0.15) is 25.7 Å². The monoisotopic (exact) mass is 273 g/mol. The van der Waals surface area contributed by atoms with E-state index in [1.54, 1.807) is 0 Å². The van der Waals surface area contributed by atoms with Crippen molar-refractivity contribution in [3.8, 4) is 0 Å². The SMILES string of the molecule is O=C(O)CCCCC(=O)Nc1ccc(F)cc1Cl. The van der Waals surface area contributed by atoms with Crippen LogP contribution in [-0.2, 0) is 9.59 Å². The van der Waals surface area contributed by atoms with Gasteiger partial charge >= 0.3 is 5.97 Å². The largest absolute Gasteiger partial charge is 0.481 e. The smallest absolute Gasteiger partial charge is 0.303 e. The van der Waals surface area contributed by atoms with E-state index in [2.05, 4.69) is 5.32 Å². The Bertz CT molecular complexity index is 451. The summed E-state index contributed by atoms with van der Waals surface area (Å²) in [5.74, 6) is -1.62. The first-order valence-electron chi connectivity index (χ1n) is 5.45. The maximum atomic E-state index is 12.8. The average molecular weight is 274 g/mol. The molecule has 0 saturated carbocycles. The van der Waals surface area contributed by atoms with Crippen molar-refractivity contribution in [3.63, 3.8) is 0 Å². The summed E-state index contributed by atoms with van der Waals surface area (Å²) in [6.07, 6.45) is 1.18. The van der Waals surface area contributed by atoms with Crippen LogP contribution in [0.25, 0.3) is 0 Å². The third kappa shape index (κ3) is 5.14. The second-order valence-electron chi connectivity index (χ2n) is 3.77. The van der Waals surface area contributed by atoms with Crippen molar-refractivity contribution >= 4 is 29.2 Å². The van der Waals surface area contributed by atoms with E-state index in [0.29, 0.717) is 18.5 Å². The minimum Gasteiger partial charge on any atom is -0.481 e. The van der Waals surface area contributed by atoms with Gasteiger partial charge in [0, 0.05) is 12.8 Å². The highest BCUT2D eigenvalue weighted by Gasteiger charge is 2.07. The molecule has 0 aliphatic rings. The fourth-order valence-electron chi connectivity index (χ4n) is 1.37. The first-order valence-corrected chi connectivity index (χ1v) is 5.83. The number of halogens is 2. The quantitative estimate of drug-likeness (QED) is 0.783. The lowest BCUT2D eigenvalue weighted by molar-refractivity contribution is -0.137. The van der Waals surface area contributed by atoms with Gasteiger partial charge < -0.3 is 10.4 Å². The number of amides is 1. The van der Waals surface area contributed by atoms with Crippen LogP contribution in [0.2, 0.25) is 5.02 Å². The molecule has 0 atom stereocenters. The predicted molar refractivity (Wildman–Crippen MR) is 66.1 cm³/mol. The van der Waals surface area contributed by atoms with Crippen molar-refractivity contribution in [1.29, 1.82) is 0 Å². The Morgan fingerprint density at radius 3 is 2.56 bits per heavy atom. The maximum Gasteiger partial charge on any atom is 0.303 e. The molecule has 0 bridgehead atoms. The predicted octanol–water partition coefficient (Wildman–Crippen LogP) is 3.06. The standard InChI is InChI=1S/C12H13ClFNO3/c13-9-7-8(14)5-6-10(9)15-11(16)3-1-2-4-12(17)18/h5-7H,1-4H2,(H,15,16)(H,17,18). The summed E-state index contributed by atoms with van der Waals surface area (Å²) in [6, 6.07) is 3.69. The highest BCUT2D eigenvalue weighted by Crippen LogP contribution is 2.22. The van der Waals surface area contributed by atoms with Gasteiger partial charge in [-0.3, -0.25) is 9.59 Å². The molecule has 0 saturated heterocycles. The Labute approximate surface area is 109 Å². The molecule has 2 N–H and O–H groups in total. The van der Waals surface area contributed by atoms with E-state index in [9.17, 15) is 14.0 Å². The number of hydrogen-bond acceptors (Lipinski definition) is 2. The molecule has 98 valence electrons. The fourth-order valence-corrected chi connectivity index (χ4v) is 1.58. The summed E-state index contributed by atoms with van der Waals surface area (Å²) >= 11 is 5.74. The summed E-state index contributed by atoms with van der Waals surface area (Å²) in [5, 5.41) is 11.1. The van der Waals surface area contributed by atoms with Gasteiger partial charge in [0.25, 0.3) is 0 Å². The first kappa shape index (κ1) is 14.4. The number of carboxylic acids is 1. The first-order chi connectivity index (χ1) is 8.49. The Morgan fingerprint density at radius 1 is 1.28 bits per heavy atom. The molecule has 1 aromatic carbocycles. The van der Waals surface area contributed by atoms with E-state index >= 15 is 0 Å². The molecule has 0 radical (unpaired) electrons. The zero-order valence-corrected chi connectivity index (χ0v) is 10.3. The Balaban J connectivity index is 2.38. The fraction of sp³-hybridized carbons (Fsp3) is 0.333. The number of carbonyl (C=O) groups is 2. The molecule has 0 aliphatic carbocycles. The van der Waals surface area contributed by atoms with E-state index in [1.165, 1.54) is 12.1 Å². The molecule has 1 rings (SSSR count). The number of aliphatic carboxylic acids is 1. The Morgan fingerprint density at radius 2 is 1.94 bits per heavy atom. The van der Waals surface area contributed by atoms with E-state index < -0.39 is 11.8 Å². The van der Waals surface area contributed by atoms with Gasteiger partial charge in [-0.1, -0.05) is 11.6 Å². The highest BCUT2D eigenvalue weighted by molar-refractivity contribution is 6.33. The Kier molecular flexibility index (Phi) is 5.58. The molecule has 4 nitrogen and oxygen atoms in total. The molecular weight excluding hydrogens is 261 g/mol. The third-order valence-corrected chi connectivity index (χ3v) is 2.56. The van der Waals surface area contributed by atoms with Crippen molar-refractivity contribution < 1.29 is 19.1 Å². The van der Waals surface area contributed by atoms with E-state index in [1.807, 2.05) is 0 Å². The molecule has 1 aromatic rings. The van der Waals surface area contributed by atoms with E-state index in [-0.39, 0.29) is 23.8 Å². The van der Waals surface area contributed by atoms with Gasteiger partial charge in [-0.15, -0.1) is 0 Å². The van der Waals surface area contributed by atoms with Crippen molar-refractivity contribution in [1.82, 2.24) is 0 Å². The molecule has 6 heteroatoms. The topological polar surface area (TPSA) is 66.4 Å². The van der Waals surface area contributed by atoms with Crippen LogP contribution in [0.3, 0.4) is 0 Å². The minimum atomic E-state index is -0.878. The van der Waals surface area contributed by atoms with Gasteiger partial charge in [-0.05, 0) is 31.0 Å². The summed E-state index contributed by atoms with van der Waals surface area (Å²) in [4.78, 5) is 21.7. The van der Waals surface area contributed by atoms with Gasteiger partial charge in [0.2, 0.25) is 5.91 Å². The molecule has 0 aromatic heterocycles. The lowest BCUT2D eigenvalue weighted by Crippen LogP contribution is -2.11. The molecular formula is C12H13ClFNO3. The third-order valence-electron chi connectivity index (χ3n) is 2.25. The van der Waals surface area contributed by atoms with Crippen molar-refractivity contribution in [2.24, 2.45) is 0 Å². The molecule has 0 heterocycles. The van der Waals surface area contributed by atoms with Gasteiger partial charge in [0.05, 0.1) is 10.7 Å². The van der Waals surface area contributed by atoms with Gasteiger partial charge in [-0.2, -0.15) is 0 Å². The number of rotatable bonds is 6. The molecule has 0 unspecified atom stereocenters. The Hall–Kier alpha value is -1.62. The van der Waals surface area contributed by atoms with Crippen LogP contribution in [0.15, 0.2) is 18.2 Å². The number of anilines is 1. The van der Waals surface area contributed by atoms with Crippen LogP contribution in [0.5, 0.6) is 0 Å². The number of benzene rings is 1. The van der Waals surface area contributed by atoms with Crippen molar-refractivity contribution in [2.75, 3.05) is 5.32 Å². The molecule has 0 spiro atoms. The summed E-state index contributed by atoms with van der Waals surface area (Å²) < 4.78 is 12.8. The summed E-state index contributed by atoms with van der Waals surface area (Å²) in [6.45, 7) is 0. The second-order valence-corrected chi connectivity index (χ2v) is 4.18. The van der Waals surface area contributed by atoms with Crippen LogP contribution in [0, 0.1) is 5.82 Å². The maximum absolute atomic E-state index is 12.8. The zero-order valence-electron chi connectivity index (χ0n) is 9.58. The zero-order chi connectivity index (χ0) is 13.5. The number of unbranched alkanes of at least 4 members (excludes halogenated alkanes) is 1.